The summed E-state index contributed by atoms with van der Waals surface area (Å²) in [5, 5.41) is 1.48. The molecule has 0 bridgehead atoms. The van der Waals surface area contributed by atoms with E-state index >= 15 is 0 Å². The van der Waals surface area contributed by atoms with Crippen LogP contribution in [-0.4, -0.2) is 28.1 Å². The molecule has 0 radical (unpaired) electrons. The summed E-state index contributed by atoms with van der Waals surface area (Å²) in [5.74, 6) is 0. The lowest BCUT2D eigenvalue weighted by Gasteiger charge is -2.23. The van der Waals surface area contributed by atoms with Gasteiger partial charge in [0.1, 0.15) is 0 Å². The maximum atomic E-state index is 5.73. The zero-order valence-electron chi connectivity index (χ0n) is 8.36. The third-order valence-electron chi connectivity index (χ3n) is 2.57. The van der Waals surface area contributed by atoms with Gasteiger partial charge in [-0.2, -0.15) is 0 Å². The molecule has 0 aromatic rings. The van der Waals surface area contributed by atoms with E-state index in [2.05, 4.69) is 31.3 Å². The van der Waals surface area contributed by atoms with E-state index in [0.29, 0.717) is 0 Å². The van der Waals surface area contributed by atoms with Gasteiger partial charge in [0, 0.05) is 0 Å². The summed E-state index contributed by atoms with van der Waals surface area (Å²) >= 11 is 0. The van der Waals surface area contributed by atoms with Gasteiger partial charge in [-0.05, 0) is 6.82 Å². The molecule has 2 nitrogen and oxygen atoms in total. The zero-order valence-corrected chi connectivity index (χ0v) is 9.51. The van der Waals surface area contributed by atoms with Gasteiger partial charge in [0.15, 0.2) is 0 Å². The van der Waals surface area contributed by atoms with Crippen molar-refractivity contribution in [2.45, 2.75) is 32.1 Å². The molecule has 13 heavy (non-hydrogen) atoms. The van der Waals surface area contributed by atoms with Gasteiger partial charge in [-0.1, -0.05) is 36.5 Å². The highest BCUT2D eigenvalue weighted by atomic mass is 28.3. The third-order valence-corrected chi connectivity index (χ3v) is 4.42. The van der Waals surface area contributed by atoms with Crippen LogP contribution in [0, 0.1) is 0 Å². The van der Waals surface area contributed by atoms with Crippen LogP contribution in [-0.2, 0) is 9.31 Å². The van der Waals surface area contributed by atoms with E-state index in [0.717, 1.165) is 0 Å². The van der Waals surface area contributed by atoms with Gasteiger partial charge in [-0.25, -0.2) is 0 Å². The Morgan fingerprint density at radius 3 is 2.85 bits per heavy atom. The number of hydrogen-bond acceptors (Lipinski definition) is 2. The second-order valence-corrected chi connectivity index (χ2v) is 6.91. The van der Waals surface area contributed by atoms with E-state index in [4.69, 9.17) is 9.31 Å². The quantitative estimate of drug-likeness (QED) is 0.587. The molecular formula is C9H15BO2Si. The van der Waals surface area contributed by atoms with Gasteiger partial charge in [0.05, 0.1) is 21.0 Å². The molecule has 1 saturated heterocycles. The predicted octanol–water partition coefficient (Wildman–Crippen LogP) is 1.41. The Hall–Kier alpha value is -0.318. The largest absolute Gasteiger partial charge is 0.454 e. The van der Waals surface area contributed by atoms with Gasteiger partial charge in [-0.15, -0.1) is 0 Å². The van der Waals surface area contributed by atoms with Crippen molar-refractivity contribution in [3.8, 4) is 0 Å². The van der Waals surface area contributed by atoms with Crippen LogP contribution in [0.15, 0.2) is 23.4 Å². The normalized spacial score (nSPS) is 32.3. The van der Waals surface area contributed by atoms with E-state index in [1.54, 1.807) is 0 Å². The fourth-order valence-electron chi connectivity index (χ4n) is 1.92. The predicted molar refractivity (Wildman–Crippen MR) is 57.5 cm³/mol. The SMILES string of the molecule is CB1O[C@H]2C=CC=C([SiH](C)C)[C@H]2O1. The van der Waals surface area contributed by atoms with E-state index in [9.17, 15) is 0 Å². The molecule has 2 atom stereocenters. The summed E-state index contributed by atoms with van der Waals surface area (Å²) in [7, 11) is -0.796. The van der Waals surface area contributed by atoms with Crippen LogP contribution in [0.3, 0.4) is 0 Å². The van der Waals surface area contributed by atoms with Crippen molar-refractivity contribution < 1.29 is 9.31 Å². The minimum atomic E-state index is -0.748. The summed E-state index contributed by atoms with van der Waals surface area (Å²) in [6.45, 7) is 6.62. The third kappa shape index (κ3) is 1.66. The van der Waals surface area contributed by atoms with Crippen LogP contribution >= 0.6 is 0 Å². The molecule has 0 aromatic carbocycles. The van der Waals surface area contributed by atoms with Crippen molar-refractivity contribution >= 4 is 15.9 Å². The lowest BCUT2D eigenvalue weighted by atomic mass is 9.97. The van der Waals surface area contributed by atoms with Crippen molar-refractivity contribution in [1.29, 1.82) is 0 Å². The second kappa shape index (κ2) is 3.44. The summed E-state index contributed by atoms with van der Waals surface area (Å²) < 4.78 is 11.4. The van der Waals surface area contributed by atoms with E-state index in [1.165, 1.54) is 5.20 Å². The molecule has 0 N–H and O–H groups in total. The average Bonchev–Trinajstić information content (AvgIpc) is 2.43. The first-order valence-corrected chi connectivity index (χ1v) is 7.76. The first-order valence-electron chi connectivity index (χ1n) is 4.87. The topological polar surface area (TPSA) is 18.5 Å². The number of fused-ring (bicyclic) bond motifs is 1. The minimum absolute atomic E-state index is 0.0473. The fourth-order valence-corrected chi connectivity index (χ4v) is 3.34. The number of rotatable bonds is 1. The standard InChI is InChI=1S/C9H15BO2Si/c1-10-11-7-5-4-6-8(13(2)3)9(7)12-10/h4-7,9,13H,1-3H3/t7-,9-/m0/s1. The minimum Gasteiger partial charge on any atom is -0.402 e. The van der Waals surface area contributed by atoms with Crippen LogP contribution in [0.5, 0.6) is 0 Å². The molecule has 0 aromatic heterocycles. The van der Waals surface area contributed by atoms with E-state index < -0.39 is 8.80 Å². The monoisotopic (exact) mass is 194 g/mol. The van der Waals surface area contributed by atoms with Crippen LogP contribution in [0.25, 0.3) is 0 Å². The Labute approximate surface area is 81.4 Å². The maximum absolute atomic E-state index is 5.73. The van der Waals surface area contributed by atoms with Crippen LogP contribution in [0.4, 0.5) is 0 Å². The Morgan fingerprint density at radius 2 is 2.15 bits per heavy atom. The highest BCUT2D eigenvalue weighted by molar-refractivity contribution is 6.64. The molecule has 1 fully saturated rings. The highest BCUT2D eigenvalue weighted by Crippen LogP contribution is 2.28. The molecule has 2 rings (SSSR count). The van der Waals surface area contributed by atoms with Crippen molar-refractivity contribution in [2.24, 2.45) is 0 Å². The van der Waals surface area contributed by atoms with Gasteiger partial charge < -0.3 is 9.31 Å². The lowest BCUT2D eigenvalue weighted by Crippen LogP contribution is -2.30. The Balaban J connectivity index is 2.20. The Bertz CT molecular complexity index is 262. The van der Waals surface area contributed by atoms with Crippen molar-refractivity contribution in [1.82, 2.24) is 0 Å². The summed E-state index contributed by atoms with van der Waals surface area (Å²) in [6, 6.07) is 0. The first kappa shape index (κ1) is 9.25. The molecule has 1 aliphatic carbocycles. The average molecular weight is 194 g/mol. The molecule has 70 valence electrons. The van der Waals surface area contributed by atoms with E-state index in [-0.39, 0.29) is 19.3 Å². The first-order chi connectivity index (χ1) is 6.18. The van der Waals surface area contributed by atoms with E-state index in [1.807, 2.05) is 6.82 Å². The second-order valence-electron chi connectivity index (χ2n) is 3.93. The van der Waals surface area contributed by atoms with Crippen LogP contribution in [0.2, 0.25) is 19.9 Å². The Morgan fingerprint density at radius 1 is 1.38 bits per heavy atom. The van der Waals surface area contributed by atoms with Crippen molar-refractivity contribution in [3.63, 3.8) is 0 Å². The molecule has 1 heterocycles. The zero-order chi connectivity index (χ0) is 9.42. The summed E-state index contributed by atoms with van der Waals surface area (Å²) in [6.07, 6.45) is 6.79. The fraction of sp³-hybridized carbons (Fsp3) is 0.556. The molecule has 0 saturated carbocycles. The van der Waals surface area contributed by atoms with Gasteiger partial charge in [0.25, 0.3) is 0 Å². The maximum Gasteiger partial charge on any atom is 0.454 e. The van der Waals surface area contributed by atoms with Crippen molar-refractivity contribution in [2.75, 3.05) is 0 Å². The number of hydrogen-bond donors (Lipinski definition) is 0. The number of allylic oxidation sites excluding steroid dienone is 2. The lowest BCUT2D eigenvalue weighted by molar-refractivity contribution is 0.228. The van der Waals surface area contributed by atoms with Crippen molar-refractivity contribution in [3.05, 3.63) is 23.4 Å². The van der Waals surface area contributed by atoms with Gasteiger partial charge in [0.2, 0.25) is 0 Å². The van der Waals surface area contributed by atoms with Crippen LogP contribution < -0.4 is 0 Å². The summed E-state index contributed by atoms with van der Waals surface area (Å²) in [5.41, 5.74) is 0. The van der Waals surface area contributed by atoms with Gasteiger partial charge in [-0.3, -0.25) is 0 Å². The molecule has 0 spiro atoms. The van der Waals surface area contributed by atoms with Gasteiger partial charge >= 0.3 is 7.12 Å². The molecule has 2 aliphatic rings. The molecule has 0 unspecified atom stereocenters. The Kier molecular flexibility index (Phi) is 2.45. The summed E-state index contributed by atoms with van der Waals surface area (Å²) in [4.78, 5) is 0. The molecular weight excluding hydrogens is 179 g/mol. The van der Waals surface area contributed by atoms with Crippen LogP contribution in [0.1, 0.15) is 0 Å². The smallest absolute Gasteiger partial charge is 0.402 e. The highest BCUT2D eigenvalue weighted by Gasteiger charge is 2.38. The molecule has 1 aliphatic heterocycles. The molecule has 4 heteroatoms. The molecule has 0 amide bonds.